The lowest BCUT2D eigenvalue weighted by molar-refractivity contribution is 0.415. The van der Waals surface area contributed by atoms with Crippen LogP contribution in [0.2, 0.25) is 0 Å². The third kappa shape index (κ3) is 3.16. The lowest BCUT2D eigenvalue weighted by Gasteiger charge is -2.16. The van der Waals surface area contributed by atoms with E-state index < -0.39 is 5.56 Å². The van der Waals surface area contributed by atoms with E-state index in [0.29, 0.717) is 11.8 Å². The summed E-state index contributed by atoms with van der Waals surface area (Å²) >= 11 is 0. The van der Waals surface area contributed by atoms with Gasteiger partial charge in [-0.2, -0.15) is 4.98 Å². The van der Waals surface area contributed by atoms with Gasteiger partial charge in [0.2, 0.25) is 5.95 Å². The predicted octanol–water partition coefficient (Wildman–Crippen LogP) is 2.57. The number of benzene rings is 2. The van der Waals surface area contributed by atoms with Crippen molar-refractivity contribution in [3.63, 3.8) is 0 Å². The summed E-state index contributed by atoms with van der Waals surface area (Å²) in [5.41, 5.74) is 7.22. The van der Waals surface area contributed by atoms with Crippen molar-refractivity contribution in [2.24, 2.45) is 0 Å². The van der Waals surface area contributed by atoms with Gasteiger partial charge in [0.15, 0.2) is 0 Å². The minimum atomic E-state index is -0.398. The van der Waals surface area contributed by atoms with E-state index in [2.05, 4.69) is 10.3 Å². The summed E-state index contributed by atoms with van der Waals surface area (Å²) in [6.45, 7) is 0. The fourth-order valence-electron chi connectivity index (χ4n) is 2.24. The molecule has 3 rings (SSSR count). The summed E-state index contributed by atoms with van der Waals surface area (Å²) in [6, 6.07) is 18.1. The highest BCUT2D eigenvalue weighted by molar-refractivity contribution is 5.59. The molecule has 0 aliphatic heterocycles. The molecule has 0 atom stereocenters. The molecule has 6 heteroatoms. The molecule has 0 radical (unpaired) electrons. The summed E-state index contributed by atoms with van der Waals surface area (Å²) < 4.78 is 6.83. The topological polar surface area (TPSA) is 82.2 Å². The highest BCUT2D eigenvalue weighted by atomic mass is 16.5. The van der Waals surface area contributed by atoms with Gasteiger partial charge < -0.3 is 15.8 Å². The van der Waals surface area contributed by atoms with Gasteiger partial charge in [-0.25, -0.2) is 0 Å². The van der Waals surface area contributed by atoms with E-state index >= 15 is 0 Å². The molecule has 116 valence electrons. The quantitative estimate of drug-likeness (QED) is 0.774. The number of rotatable bonds is 4. The van der Waals surface area contributed by atoms with Crippen LogP contribution >= 0.6 is 0 Å². The summed E-state index contributed by atoms with van der Waals surface area (Å²) in [5, 5.41) is 3.12. The van der Waals surface area contributed by atoms with Crippen LogP contribution in [0.1, 0.15) is 0 Å². The smallest absolute Gasteiger partial charge is 0.276 e. The zero-order valence-corrected chi connectivity index (χ0v) is 12.6. The van der Waals surface area contributed by atoms with Crippen LogP contribution in [-0.4, -0.2) is 16.7 Å². The molecule has 2 aromatic carbocycles. The molecule has 3 aromatic rings. The molecule has 0 unspecified atom stereocenters. The Hall–Kier alpha value is -3.28. The van der Waals surface area contributed by atoms with Gasteiger partial charge >= 0.3 is 0 Å². The molecular weight excluding hydrogens is 292 g/mol. The Kier molecular flexibility index (Phi) is 3.97. The van der Waals surface area contributed by atoms with Crippen molar-refractivity contribution < 1.29 is 4.74 Å². The third-order valence-corrected chi connectivity index (χ3v) is 3.32. The molecule has 0 amide bonds. The monoisotopic (exact) mass is 308 g/mol. The second kappa shape index (κ2) is 6.23. The van der Waals surface area contributed by atoms with Crippen molar-refractivity contribution in [1.29, 1.82) is 0 Å². The van der Waals surface area contributed by atoms with Crippen molar-refractivity contribution in [3.8, 4) is 11.4 Å². The van der Waals surface area contributed by atoms with Crippen LogP contribution in [0.15, 0.2) is 65.5 Å². The van der Waals surface area contributed by atoms with Gasteiger partial charge in [0, 0.05) is 11.8 Å². The second-order valence-electron chi connectivity index (χ2n) is 4.87. The maximum absolute atomic E-state index is 11.7. The van der Waals surface area contributed by atoms with E-state index in [0.717, 1.165) is 17.1 Å². The van der Waals surface area contributed by atoms with Crippen molar-refractivity contribution in [2.75, 3.05) is 18.2 Å². The summed E-state index contributed by atoms with van der Waals surface area (Å²) in [6.07, 6.45) is 0. The molecular formula is C17H16N4O2. The van der Waals surface area contributed by atoms with Crippen LogP contribution in [0.3, 0.4) is 0 Å². The normalized spacial score (nSPS) is 10.3. The van der Waals surface area contributed by atoms with E-state index in [1.807, 2.05) is 54.6 Å². The maximum Gasteiger partial charge on any atom is 0.276 e. The first-order valence-corrected chi connectivity index (χ1v) is 7.03. The van der Waals surface area contributed by atoms with Gasteiger partial charge in [-0.15, -0.1) is 0 Å². The van der Waals surface area contributed by atoms with E-state index in [4.69, 9.17) is 10.5 Å². The molecule has 6 nitrogen and oxygen atoms in total. The number of para-hydroxylation sites is 1. The van der Waals surface area contributed by atoms with Gasteiger partial charge in [-0.05, 0) is 36.4 Å². The molecule has 1 heterocycles. The van der Waals surface area contributed by atoms with Crippen LogP contribution in [0.5, 0.6) is 5.75 Å². The van der Waals surface area contributed by atoms with Crippen LogP contribution < -0.4 is 21.3 Å². The molecule has 23 heavy (non-hydrogen) atoms. The Balaban J connectivity index is 2.09. The molecule has 0 bridgehead atoms. The Bertz CT molecular complexity index is 858. The first-order chi connectivity index (χ1) is 11.2. The standard InChI is InChI=1S/C17H16N4O2/c1-23-14-9-7-13(8-10-14)21-15(18)11-16(22)20-17(21)19-12-5-3-2-4-6-12/h2-11H,18H2,1H3,(H,19,20,22). The number of nitrogen functional groups attached to an aromatic ring is 1. The van der Waals surface area contributed by atoms with Crippen LogP contribution in [0, 0.1) is 0 Å². The number of methoxy groups -OCH3 is 1. The van der Waals surface area contributed by atoms with Gasteiger partial charge in [0.1, 0.15) is 11.6 Å². The number of aromatic nitrogens is 2. The molecule has 3 N–H and O–H groups in total. The lowest BCUT2D eigenvalue weighted by atomic mass is 10.3. The van der Waals surface area contributed by atoms with Gasteiger partial charge in [-0.1, -0.05) is 18.2 Å². The Morgan fingerprint density at radius 2 is 1.78 bits per heavy atom. The summed E-state index contributed by atoms with van der Waals surface area (Å²) in [7, 11) is 1.60. The molecule has 0 saturated carbocycles. The van der Waals surface area contributed by atoms with Crippen LogP contribution in [0.25, 0.3) is 5.69 Å². The average Bonchev–Trinajstić information content (AvgIpc) is 2.56. The SMILES string of the molecule is COc1ccc(-n2c(N)cc(=O)nc2Nc2ccccc2)cc1. The van der Waals surface area contributed by atoms with E-state index in [1.54, 1.807) is 11.7 Å². The van der Waals surface area contributed by atoms with Crippen molar-refractivity contribution in [2.45, 2.75) is 0 Å². The number of ether oxygens (including phenoxy) is 1. The highest BCUT2D eigenvalue weighted by Crippen LogP contribution is 2.22. The van der Waals surface area contributed by atoms with E-state index in [-0.39, 0.29) is 0 Å². The fourth-order valence-corrected chi connectivity index (χ4v) is 2.24. The van der Waals surface area contributed by atoms with Gasteiger partial charge in [-0.3, -0.25) is 9.36 Å². The second-order valence-corrected chi connectivity index (χ2v) is 4.87. The molecule has 0 spiro atoms. The molecule has 1 aromatic heterocycles. The Morgan fingerprint density at radius 3 is 2.43 bits per heavy atom. The van der Waals surface area contributed by atoms with Crippen molar-refractivity contribution >= 4 is 17.5 Å². The number of nitrogens with one attached hydrogen (secondary N) is 1. The third-order valence-electron chi connectivity index (χ3n) is 3.32. The number of anilines is 3. The summed E-state index contributed by atoms with van der Waals surface area (Å²) in [5.74, 6) is 1.39. The number of hydrogen-bond donors (Lipinski definition) is 2. The largest absolute Gasteiger partial charge is 0.497 e. The van der Waals surface area contributed by atoms with E-state index in [1.165, 1.54) is 6.07 Å². The fraction of sp³-hybridized carbons (Fsp3) is 0.0588. The molecule has 0 saturated heterocycles. The van der Waals surface area contributed by atoms with Crippen molar-refractivity contribution in [1.82, 2.24) is 9.55 Å². The predicted molar refractivity (Wildman–Crippen MR) is 90.5 cm³/mol. The maximum atomic E-state index is 11.7. The Morgan fingerprint density at radius 1 is 1.09 bits per heavy atom. The lowest BCUT2D eigenvalue weighted by Crippen LogP contribution is -2.18. The van der Waals surface area contributed by atoms with Gasteiger partial charge in [0.05, 0.1) is 12.8 Å². The highest BCUT2D eigenvalue weighted by Gasteiger charge is 2.10. The first-order valence-electron chi connectivity index (χ1n) is 7.03. The zero-order chi connectivity index (χ0) is 16.2. The van der Waals surface area contributed by atoms with Crippen LogP contribution in [-0.2, 0) is 0 Å². The number of nitrogens with two attached hydrogens (primary N) is 1. The summed E-state index contributed by atoms with van der Waals surface area (Å²) in [4.78, 5) is 15.8. The first kappa shape index (κ1) is 14.6. The van der Waals surface area contributed by atoms with Gasteiger partial charge in [0.25, 0.3) is 5.56 Å². The molecule has 0 aliphatic carbocycles. The number of nitrogens with zero attached hydrogens (tertiary/aromatic N) is 2. The number of hydrogen-bond acceptors (Lipinski definition) is 5. The van der Waals surface area contributed by atoms with Crippen molar-refractivity contribution in [3.05, 3.63) is 71.0 Å². The molecule has 0 aliphatic rings. The minimum absolute atomic E-state index is 0.300. The van der Waals surface area contributed by atoms with Crippen LogP contribution in [0.4, 0.5) is 17.5 Å². The van der Waals surface area contributed by atoms with E-state index in [9.17, 15) is 4.79 Å². The minimum Gasteiger partial charge on any atom is -0.497 e. The Labute approximate surface area is 133 Å². The molecule has 0 fully saturated rings. The average molecular weight is 308 g/mol. The zero-order valence-electron chi connectivity index (χ0n) is 12.6.